The fraction of sp³-hybridized carbons (Fsp3) is 0.400. The van der Waals surface area contributed by atoms with Gasteiger partial charge in [0, 0.05) is 25.8 Å². The SMILES string of the molecule is CC(CNC(=O)Cn1cc(CCO)nn1)c1ccccc1. The van der Waals surface area contributed by atoms with Gasteiger partial charge in [0.2, 0.25) is 5.91 Å². The van der Waals surface area contributed by atoms with E-state index in [1.54, 1.807) is 6.20 Å². The first-order valence-corrected chi connectivity index (χ1v) is 7.00. The lowest BCUT2D eigenvalue weighted by Crippen LogP contribution is -2.30. The van der Waals surface area contributed by atoms with Gasteiger partial charge in [-0.15, -0.1) is 5.10 Å². The maximum Gasteiger partial charge on any atom is 0.241 e. The fourth-order valence-corrected chi connectivity index (χ4v) is 2.01. The zero-order valence-corrected chi connectivity index (χ0v) is 12.1. The number of aliphatic hydroxyl groups excluding tert-OH is 1. The molecule has 112 valence electrons. The van der Waals surface area contributed by atoms with Gasteiger partial charge < -0.3 is 10.4 Å². The Morgan fingerprint density at radius 3 is 2.86 bits per heavy atom. The van der Waals surface area contributed by atoms with Crippen LogP contribution in [0, 0.1) is 0 Å². The zero-order chi connectivity index (χ0) is 15.1. The largest absolute Gasteiger partial charge is 0.396 e. The number of amides is 1. The molecule has 1 amide bonds. The van der Waals surface area contributed by atoms with E-state index in [1.165, 1.54) is 10.2 Å². The Balaban J connectivity index is 1.79. The van der Waals surface area contributed by atoms with Crippen molar-refractivity contribution in [2.75, 3.05) is 13.2 Å². The molecule has 0 aliphatic heterocycles. The summed E-state index contributed by atoms with van der Waals surface area (Å²) in [5.74, 6) is 0.161. The molecule has 0 fully saturated rings. The number of benzene rings is 1. The van der Waals surface area contributed by atoms with E-state index in [9.17, 15) is 4.79 Å². The van der Waals surface area contributed by atoms with Crippen LogP contribution in [0.4, 0.5) is 0 Å². The van der Waals surface area contributed by atoms with E-state index in [2.05, 4.69) is 34.7 Å². The number of rotatable bonds is 7. The van der Waals surface area contributed by atoms with Crippen LogP contribution >= 0.6 is 0 Å². The summed E-state index contributed by atoms with van der Waals surface area (Å²) in [7, 11) is 0. The number of aliphatic hydroxyl groups is 1. The molecule has 0 saturated carbocycles. The third-order valence-corrected chi connectivity index (χ3v) is 3.23. The normalized spacial score (nSPS) is 12.1. The Morgan fingerprint density at radius 1 is 1.38 bits per heavy atom. The highest BCUT2D eigenvalue weighted by atomic mass is 16.3. The molecule has 1 atom stereocenters. The van der Waals surface area contributed by atoms with E-state index in [1.807, 2.05) is 18.2 Å². The monoisotopic (exact) mass is 288 g/mol. The molecule has 2 aromatic rings. The molecule has 0 radical (unpaired) electrons. The summed E-state index contributed by atoms with van der Waals surface area (Å²) in [6, 6.07) is 10.1. The molecule has 0 aliphatic rings. The Labute approximate surface area is 123 Å². The number of aromatic nitrogens is 3. The highest BCUT2D eigenvalue weighted by Crippen LogP contribution is 2.12. The lowest BCUT2D eigenvalue weighted by molar-refractivity contribution is -0.121. The maximum absolute atomic E-state index is 11.9. The molecule has 0 bridgehead atoms. The van der Waals surface area contributed by atoms with Crippen LogP contribution in [0.1, 0.15) is 24.1 Å². The molecule has 6 nitrogen and oxygen atoms in total. The van der Waals surface area contributed by atoms with E-state index >= 15 is 0 Å². The first-order chi connectivity index (χ1) is 10.2. The molecule has 1 heterocycles. The molecule has 2 N–H and O–H groups in total. The lowest BCUT2D eigenvalue weighted by Gasteiger charge is -2.12. The third-order valence-electron chi connectivity index (χ3n) is 3.23. The first-order valence-electron chi connectivity index (χ1n) is 7.00. The smallest absolute Gasteiger partial charge is 0.241 e. The zero-order valence-electron chi connectivity index (χ0n) is 12.1. The molecule has 1 aromatic carbocycles. The Bertz CT molecular complexity index is 568. The van der Waals surface area contributed by atoms with E-state index in [4.69, 9.17) is 5.11 Å². The fourth-order valence-electron chi connectivity index (χ4n) is 2.01. The van der Waals surface area contributed by atoms with Crippen molar-refractivity contribution in [2.45, 2.75) is 25.8 Å². The van der Waals surface area contributed by atoms with E-state index < -0.39 is 0 Å². The topological polar surface area (TPSA) is 80.0 Å². The number of hydrogen-bond donors (Lipinski definition) is 2. The lowest BCUT2D eigenvalue weighted by atomic mass is 10.0. The number of carbonyl (C=O) groups is 1. The predicted molar refractivity (Wildman–Crippen MR) is 78.7 cm³/mol. The summed E-state index contributed by atoms with van der Waals surface area (Å²) in [5, 5.41) is 19.4. The van der Waals surface area contributed by atoms with Gasteiger partial charge in [0.1, 0.15) is 6.54 Å². The van der Waals surface area contributed by atoms with Gasteiger partial charge in [-0.3, -0.25) is 4.79 Å². The number of carbonyl (C=O) groups excluding carboxylic acids is 1. The summed E-state index contributed by atoms with van der Waals surface area (Å²) in [5.41, 5.74) is 1.88. The maximum atomic E-state index is 11.9. The average molecular weight is 288 g/mol. The molecule has 2 rings (SSSR count). The van der Waals surface area contributed by atoms with Gasteiger partial charge in [-0.05, 0) is 11.5 Å². The molecule has 1 aromatic heterocycles. The summed E-state index contributed by atoms with van der Waals surface area (Å²) in [6.07, 6.45) is 2.13. The van der Waals surface area contributed by atoms with Crippen molar-refractivity contribution >= 4 is 5.91 Å². The summed E-state index contributed by atoms with van der Waals surface area (Å²) in [4.78, 5) is 11.9. The quantitative estimate of drug-likeness (QED) is 0.787. The van der Waals surface area contributed by atoms with Crippen LogP contribution in [0.25, 0.3) is 0 Å². The van der Waals surface area contributed by atoms with Crippen LogP contribution < -0.4 is 5.32 Å². The second-order valence-electron chi connectivity index (χ2n) is 5.00. The van der Waals surface area contributed by atoms with Crippen LogP contribution in [-0.4, -0.2) is 39.2 Å². The van der Waals surface area contributed by atoms with Gasteiger partial charge >= 0.3 is 0 Å². The standard InChI is InChI=1S/C15H20N4O2/c1-12(13-5-3-2-4-6-13)9-16-15(21)11-19-10-14(7-8-20)17-18-19/h2-6,10,12,20H,7-9,11H2,1H3,(H,16,21). The summed E-state index contributed by atoms with van der Waals surface area (Å²) < 4.78 is 1.48. The van der Waals surface area contributed by atoms with E-state index in [-0.39, 0.29) is 25.0 Å². The van der Waals surface area contributed by atoms with E-state index in [0.717, 1.165) is 0 Å². The Kier molecular flexibility index (Phi) is 5.45. The van der Waals surface area contributed by atoms with E-state index in [0.29, 0.717) is 18.7 Å². The molecule has 6 heteroatoms. The van der Waals surface area contributed by atoms with Gasteiger partial charge in [0.05, 0.1) is 5.69 Å². The van der Waals surface area contributed by atoms with Crippen LogP contribution in [0.15, 0.2) is 36.5 Å². The van der Waals surface area contributed by atoms with Gasteiger partial charge in [-0.2, -0.15) is 0 Å². The number of nitrogens with one attached hydrogen (secondary N) is 1. The average Bonchev–Trinajstić information content (AvgIpc) is 2.93. The van der Waals surface area contributed by atoms with Crippen LogP contribution in [0.3, 0.4) is 0 Å². The van der Waals surface area contributed by atoms with Crippen molar-refractivity contribution < 1.29 is 9.90 Å². The minimum absolute atomic E-state index is 0.0273. The summed E-state index contributed by atoms with van der Waals surface area (Å²) in [6.45, 7) is 2.82. The van der Waals surface area contributed by atoms with Gasteiger partial charge in [-0.1, -0.05) is 42.5 Å². The Hall–Kier alpha value is -2.21. The number of hydrogen-bond acceptors (Lipinski definition) is 4. The highest BCUT2D eigenvalue weighted by molar-refractivity contribution is 5.75. The minimum atomic E-state index is -0.0989. The van der Waals surface area contributed by atoms with Crippen molar-refractivity contribution in [1.29, 1.82) is 0 Å². The van der Waals surface area contributed by atoms with Crippen molar-refractivity contribution in [3.8, 4) is 0 Å². The first kappa shape index (κ1) is 15.2. The minimum Gasteiger partial charge on any atom is -0.396 e. The molecular formula is C15H20N4O2. The number of nitrogens with zero attached hydrogens (tertiary/aromatic N) is 3. The Morgan fingerprint density at radius 2 is 2.14 bits per heavy atom. The van der Waals surface area contributed by atoms with Gasteiger partial charge in [0.15, 0.2) is 0 Å². The predicted octanol–water partition coefficient (Wildman–Crippen LogP) is 0.733. The van der Waals surface area contributed by atoms with Crippen molar-refractivity contribution in [3.63, 3.8) is 0 Å². The third kappa shape index (κ3) is 4.68. The van der Waals surface area contributed by atoms with Gasteiger partial charge in [0.25, 0.3) is 0 Å². The molecule has 0 aliphatic carbocycles. The molecular weight excluding hydrogens is 268 g/mol. The van der Waals surface area contributed by atoms with Crippen LogP contribution in [0.5, 0.6) is 0 Å². The molecule has 0 spiro atoms. The molecule has 0 saturated heterocycles. The van der Waals surface area contributed by atoms with Gasteiger partial charge in [-0.25, -0.2) is 4.68 Å². The second kappa shape index (κ2) is 7.54. The van der Waals surface area contributed by atoms with Crippen molar-refractivity contribution in [1.82, 2.24) is 20.3 Å². The highest BCUT2D eigenvalue weighted by Gasteiger charge is 2.09. The second-order valence-corrected chi connectivity index (χ2v) is 5.00. The molecule has 1 unspecified atom stereocenters. The van der Waals surface area contributed by atoms with Crippen molar-refractivity contribution in [3.05, 3.63) is 47.8 Å². The van der Waals surface area contributed by atoms with Crippen molar-refractivity contribution in [2.24, 2.45) is 0 Å². The van der Waals surface area contributed by atoms with Crippen LogP contribution in [0.2, 0.25) is 0 Å². The molecule has 21 heavy (non-hydrogen) atoms. The summed E-state index contributed by atoms with van der Waals surface area (Å²) >= 11 is 0. The van der Waals surface area contributed by atoms with Crippen LogP contribution in [-0.2, 0) is 17.8 Å².